The van der Waals surface area contributed by atoms with Gasteiger partial charge in [-0.15, -0.1) is 0 Å². The molecule has 0 aromatic carbocycles. The van der Waals surface area contributed by atoms with Gasteiger partial charge in [-0.3, -0.25) is 0 Å². The van der Waals surface area contributed by atoms with Crippen molar-refractivity contribution in [2.45, 2.75) is 26.9 Å². The molecule has 5 nitrogen and oxygen atoms in total. The van der Waals surface area contributed by atoms with Crippen LogP contribution in [0.3, 0.4) is 0 Å². The smallest absolute Gasteiger partial charge is 0.343 e. The number of aromatic nitrogens is 1. The van der Waals surface area contributed by atoms with Crippen molar-refractivity contribution in [1.82, 2.24) is 5.16 Å². The SMILES string of the molecule is CCOC(=O)c1c(CC)noc1CO. The van der Waals surface area contributed by atoms with Crippen molar-refractivity contribution in [2.24, 2.45) is 0 Å². The Bertz CT molecular complexity index is 297. The third-order valence-electron chi connectivity index (χ3n) is 1.79. The van der Waals surface area contributed by atoms with Gasteiger partial charge in [0.1, 0.15) is 12.2 Å². The molecular weight excluding hydrogens is 186 g/mol. The highest BCUT2D eigenvalue weighted by Gasteiger charge is 2.22. The Hall–Kier alpha value is -1.36. The van der Waals surface area contributed by atoms with Crippen molar-refractivity contribution >= 4 is 5.97 Å². The van der Waals surface area contributed by atoms with E-state index in [4.69, 9.17) is 14.4 Å². The number of esters is 1. The van der Waals surface area contributed by atoms with Crippen LogP contribution in [0, 0.1) is 0 Å². The number of aryl methyl sites for hydroxylation is 1. The van der Waals surface area contributed by atoms with Gasteiger partial charge in [0.2, 0.25) is 0 Å². The van der Waals surface area contributed by atoms with Gasteiger partial charge in [-0.05, 0) is 13.3 Å². The Morgan fingerprint density at radius 1 is 1.57 bits per heavy atom. The molecule has 1 aromatic heterocycles. The van der Waals surface area contributed by atoms with E-state index in [0.717, 1.165) is 0 Å². The molecule has 0 saturated heterocycles. The van der Waals surface area contributed by atoms with E-state index < -0.39 is 5.97 Å². The van der Waals surface area contributed by atoms with E-state index in [9.17, 15) is 4.79 Å². The second kappa shape index (κ2) is 4.76. The van der Waals surface area contributed by atoms with Crippen LogP contribution in [0.1, 0.15) is 35.7 Å². The van der Waals surface area contributed by atoms with Gasteiger partial charge in [0.15, 0.2) is 5.76 Å². The highest BCUT2D eigenvalue weighted by molar-refractivity contribution is 5.91. The first-order chi connectivity index (χ1) is 6.74. The summed E-state index contributed by atoms with van der Waals surface area (Å²) >= 11 is 0. The lowest BCUT2D eigenvalue weighted by atomic mass is 10.1. The molecule has 0 saturated carbocycles. The van der Waals surface area contributed by atoms with Crippen molar-refractivity contribution in [3.63, 3.8) is 0 Å². The Kier molecular flexibility index (Phi) is 3.64. The fourth-order valence-corrected chi connectivity index (χ4v) is 1.15. The van der Waals surface area contributed by atoms with E-state index >= 15 is 0 Å². The van der Waals surface area contributed by atoms with Crippen LogP contribution in [0.2, 0.25) is 0 Å². The molecule has 78 valence electrons. The highest BCUT2D eigenvalue weighted by atomic mass is 16.5. The summed E-state index contributed by atoms with van der Waals surface area (Å²) in [6.07, 6.45) is 0.567. The lowest BCUT2D eigenvalue weighted by molar-refractivity contribution is 0.0519. The summed E-state index contributed by atoms with van der Waals surface area (Å²) in [5.41, 5.74) is 0.782. The molecule has 1 N–H and O–H groups in total. The molecule has 0 fully saturated rings. The zero-order valence-electron chi connectivity index (χ0n) is 8.24. The first-order valence-corrected chi connectivity index (χ1v) is 4.49. The Balaban J connectivity index is 3.01. The van der Waals surface area contributed by atoms with Gasteiger partial charge in [-0.2, -0.15) is 0 Å². The van der Waals surface area contributed by atoms with Crippen LogP contribution in [0.15, 0.2) is 4.52 Å². The van der Waals surface area contributed by atoms with Crippen LogP contribution in [0.5, 0.6) is 0 Å². The number of carbonyl (C=O) groups is 1. The molecule has 0 aliphatic heterocycles. The van der Waals surface area contributed by atoms with Crippen LogP contribution in [0.25, 0.3) is 0 Å². The lowest BCUT2D eigenvalue weighted by Crippen LogP contribution is -2.08. The molecule has 5 heteroatoms. The summed E-state index contributed by atoms with van der Waals surface area (Å²) < 4.78 is 9.62. The maximum atomic E-state index is 11.4. The number of carbonyl (C=O) groups excluding carboxylic acids is 1. The van der Waals surface area contributed by atoms with Crippen LogP contribution in [0.4, 0.5) is 0 Å². The molecule has 0 radical (unpaired) electrons. The molecule has 0 aliphatic rings. The molecule has 0 bridgehead atoms. The van der Waals surface area contributed by atoms with E-state index in [-0.39, 0.29) is 24.5 Å². The summed E-state index contributed by atoms with van der Waals surface area (Å²) in [7, 11) is 0. The summed E-state index contributed by atoms with van der Waals surface area (Å²) in [6.45, 7) is 3.51. The Labute approximate surface area is 81.7 Å². The minimum absolute atomic E-state index is 0.167. The van der Waals surface area contributed by atoms with Gasteiger partial charge in [-0.25, -0.2) is 4.79 Å². The van der Waals surface area contributed by atoms with Gasteiger partial charge in [0, 0.05) is 0 Å². The predicted molar refractivity (Wildman–Crippen MR) is 47.8 cm³/mol. The van der Waals surface area contributed by atoms with E-state index in [1.165, 1.54) is 0 Å². The number of rotatable bonds is 4. The van der Waals surface area contributed by atoms with Crippen LogP contribution in [-0.4, -0.2) is 22.8 Å². The zero-order valence-corrected chi connectivity index (χ0v) is 8.24. The molecule has 0 unspecified atom stereocenters. The van der Waals surface area contributed by atoms with E-state index in [2.05, 4.69) is 5.16 Å². The standard InChI is InChI=1S/C9H13NO4/c1-3-6-8(9(12)13-4-2)7(5-11)14-10-6/h11H,3-5H2,1-2H3. The van der Waals surface area contributed by atoms with E-state index in [0.29, 0.717) is 12.1 Å². The predicted octanol–water partition coefficient (Wildman–Crippen LogP) is 0.906. The minimum atomic E-state index is -0.491. The average molecular weight is 199 g/mol. The number of hydrogen-bond donors (Lipinski definition) is 1. The van der Waals surface area contributed by atoms with Crippen LogP contribution in [-0.2, 0) is 17.8 Å². The summed E-state index contributed by atoms with van der Waals surface area (Å²) in [5.74, 6) is -0.324. The maximum Gasteiger partial charge on any atom is 0.343 e. The van der Waals surface area contributed by atoms with Crippen molar-refractivity contribution in [1.29, 1.82) is 0 Å². The van der Waals surface area contributed by atoms with E-state index in [1.54, 1.807) is 6.92 Å². The number of aliphatic hydroxyl groups is 1. The lowest BCUT2D eigenvalue weighted by Gasteiger charge is -2.00. The molecule has 1 heterocycles. The van der Waals surface area contributed by atoms with Crippen LogP contribution < -0.4 is 0 Å². The maximum absolute atomic E-state index is 11.4. The Morgan fingerprint density at radius 3 is 2.79 bits per heavy atom. The normalized spacial score (nSPS) is 10.2. The summed E-state index contributed by atoms with van der Waals surface area (Å²) in [4.78, 5) is 11.4. The molecule has 0 aliphatic carbocycles. The quantitative estimate of drug-likeness (QED) is 0.729. The third kappa shape index (κ3) is 1.93. The van der Waals surface area contributed by atoms with Gasteiger partial charge >= 0.3 is 5.97 Å². The monoisotopic (exact) mass is 199 g/mol. The fourth-order valence-electron chi connectivity index (χ4n) is 1.15. The molecule has 1 rings (SSSR count). The first kappa shape index (κ1) is 10.7. The molecule has 14 heavy (non-hydrogen) atoms. The average Bonchev–Trinajstić information content (AvgIpc) is 2.60. The van der Waals surface area contributed by atoms with Crippen LogP contribution >= 0.6 is 0 Å². The van der Waals surface area contributed by atoms with Crippen molar-refractivity contribution in [3.8, 4) is 0 Å². The fraction of sp³-hybridized carbons (Fsp3) is 0.556. The van der Waals surface area contributed by atoms with Gasteiger partial charge in [-0.1, -0.05) is 12.1 Å². The highest BCUT2D eigenvalue weighted by Crippen LogP contribution is 2.16. The second-order valence-corrected chi connectivity index (χ2v) is 2.66. The molecular formula is C9H13NO4. The number of ether oxygens (including phenoxy) is 1. The largest absolute Gasteiger partial charge is 0.462 e. The third-order valence-corrected chi connectivity index (χ3v) is 1.79. The Morgan fingerprint density at radius 2 is 2.29 bits per heavy atom. The molecule has 1 aromatic rings. The van der Waals surface area contributed by atoms with E-state index in [1.807, 2.05) is 6.92 Å². The summed E-state index contributed by atoms with van der Waals surface area (Å²) in [5, 5.41) is 12.6. The summed E-state index contributed by atoms with van der Waals surface area (Å²) in [6, 6.07) is 0. The topological polar surface area (TPSA) is 72.6 Å². The zero-order chi connectivity index (χ0) is 10.6. The van der Waals surface area contributed by atoms with Gasteiger partial charge < -0.3 is 14.4 Å². The van der Waals surface area contributed by atoms with Crippen molar-refractivity contribution in [3.05, 3.63) is 17.0 Å². The molecule has 0 spiro atoms. The van der Waals surface area contributed by atoms with Crippen molar-refractivity contribution < 1.29 is 19.2 Å². The van der Waals surface area contributed by atoms with Gasteiger partial charge in [0.25, 0.3) is 0 Å². The number of nitrogens with zero attached hydrogens (tertiary/aromatic N) is 1. The minimum Gasteiger partial charge on any atom is -0.462 e. The molecule has 0 atom stereocenters. The molecule has 0 amide bonds. The van der Waals surface area contributed by atoms with Gasteiger partial charge in [0.05, 0.1) is 12.3 Å². The number of hydrogen-bond acceptors (Lipinski definition) is 5. The second-order valence-electron chi connectivity index (χ2n) is 2.66. The first-order valence-electron chi connectivity index (χ1n) is 4.49. The van der Waals surface area contributed by atoms with Crippen molar-refractivity contribution in [2.75, 3.05) is 6.61 Å². The number of aliphatic hydroxyl groups excluding tert-OH is 1.